The molecule has 0 saturated heterocycles. The lowest BCUT2D eigenvalue weighted by molar-refractivity contribution is -0.661. The normalized spacial score (nSPS) is 14.6. The molecule has 0 aliphatic carbocycles. The number of benzene rings is 6. The SMILES string of the molecule is Cc1ccc(C)c(-c2cccc[n+]2C)c1.Cc1ccc(C)c(-c2cccc[n+]2C)c1.Cc1ccccc1-c1cc(C)c(C(C)C)c[n+]1C.[2H]C([2H])([2H])C([2H])(C)Cc1ccc(-c2cccc[n+]2C)c(C)c1.[2H]C([2H])([2H])C([2H])(C)c1c[n+](C)c(-c2ccccc2C)cc1C.[2H]C([2H])([2H])C([2H])(C)c1ccc(-c2cccc[n+]2C)c(C)c1. The van der Waals surface area contributed by atoms with Crippen LogP contribution in [0.25, 0.3) is 67.5 Å². The van der Waals surface area contributed by atoms with Crippen molar-refractivity contribution in [3.63, 3.8) is 0 Å². The molecular weight excluding hydrogens is 1230 g/mol. The molecule has 522 valence electrons. The summed E-state index contributed by atoms with van der Waals surface area (Å²) in [4.78, 5) is 0. The van der Waals surface area contributed by atoms with Gasteiger partial charge >= 0.3 is 0 Å². The predicted molar refractivity (Wildman–Crippen MR) is 427 cm³/mol. The highest BCUT2D eigenvalue weighted by Gasteiger charge is 2.20. The highest BCUT2D eigenvalue weighted by molar-refractivity contribution is 5.66. The highest BCUT2D eigenvalue weighted by Crippen LogP contribution is 2.29. The Morgan fingerprint density at radius 2 is 0.663 bits per heavy atom. The third kappa shape index (κ3) is 21.6. The third-order valence-corrected chi connectivity index (χ3v) is 18.4. The Labute approximate surface area is 626 Å². The monoisotopic (exact) mass is 1360 g/mol. The van der Waals surface area contributed by atoms with Crippen molar-refractivity contribution in [1.82, 2.24) is 0 Å². The summed E-state index contributed by atoms with van der Waals surface area (Å²) >= 11 is 0. The topological polar surface area (TPSA) is 23.3 Å². The minimum Gasteiger partial charge on any atom is -0.201 e. The Hall–Kier alpha value is -9.78. The zero-order chi connectivity index (χ0) is 84.0. The van der Waals surface area contributed by atoms with E-state index in [-0.39, 0.29) is 6.42 Å². The minimum atomic E-state index is -2.37. The number of pyridine rings is 6. The molecule has 0 bridgehead atoms. The fourth-order valence-corrected chi connectivity index (χ4v) is 12.6. The van der Waals surface area contributed by atoms with E-state index in [9.17, 15) is 0 Å². The van der Waals surface area contributed by atoms with E-state index in [0.717, 1.165) is 61.6 Å². The molecule has 0 aliphatic heterocycles. The van der Waals surface area contributed by atoms with E-state index in [1.54, 1.807) is 12.3 Å². The molecule has 12 rings (SSSR count). The van der Waals surface area contributed by atoms with E-state index in [1.165, 1.54) is 93.5 Å². The van der Waals surface area contributed by atoms with Crippen LogP contribution in [0.3, 0.4) is 0 Å². The third-order valence-electron chi connectivity index (χ3n) is 18.4. The zero-order valence-electron chi connectivity index (χ0n) is 76.1. The molecule has 0 spiro atoms. The molecule has 12 aromatic rings. The molecule has 0 aliphatic rings. The van der Waals surface area contributed by atoms with Crippen LogP contribution >= 0.6 is 0 Å². The fourth-order valence-electron chi connectivity index (χ4n) is 12.6. The summed E-state index contributed by atoms with van der Waals surface area (Å²) in [6.07, 6.45) is 12.4. The lowest BCUT2D eigenvalue weighted by Crippen LogP contribution is -2.32. The molecular formula is C95H118N6+6. The number of aryl methyl sites for hydroxylation is 16. The summed E-state index contributed by atoms with van der Waals surface area (Å²) < 4.78 is 105. The molecule has 3 unspecified atom stereocenters. The van der Waals surface area contributed by atoms with Gasteiger partial charge in [0, 0.05) is 122 Å². The maximum absolute atomic E-state index is 8.30. The van der Waals surface area contributed by atoms with Gasteiger partial charge in [0.25, 0.3) is 0 Å². The van der Waals surface area contributed by atoms with Gasteiger partial charge in [-0.3, -0.25) is 0 Å². The van der Waals surface area contributed by atoms with Crippen molar-refractivity contribution in [2.24, 2.45) is 48.2 Å². The van der Waals surface area contributed by atoms with Crippen molar-refractivity contribution >= 4 is 0 Å². The molecule has 0 saturated carbocycles. The summed E-state index contributed by atoms with van der Waals surface area (Å²) in [5, 5.41) is 0. The second-order valence-electron chi connectivity index (χ2n) is 27.4. The van der Waals surface area contributed by atoms with E-state index >= 15 is 0 Å². The first-order chi connectivity index (χ1) is 52.7. The van der Waals surface area contributed by atoms with E-state index in [1.807, 2.05) is 148 Å². The molecule has 0 N–H and O–H groups in total. The van der Waals surface area contributed by atoms with Crippen molar-refractivity contribution in [1.29, 1.82) is 0 Å². The fraction of sp³-hybridized carbons (Fsp3) is 0.305. The molecule has 6 aromatic heterocycles. The minimum absolute atomic E-state index is 0.214. The molecule has 6 nitrogen and oxygen atoms in total. The van der Waals surface area contributed by atoms with Crippen LogP contribution in [0.4, 0.5) is 0 Å². The Morgan fingerprint density at radius 1 is 0.297 bits per heavy atom. The van der Waals surface area contributed by atoms with Crippen LogP contribution in [0.15, 0.2) is 243 Å². The van der Waals surface area contributed by atoms with Gasteiger partial charge in [0.15, 0.2) is 37.2 Å². The summed E-state index contributed by atoms with van der Waals surface area (Å²) in [6, 6.07) is 70.0. The number of nitrogens with zero attached hydrogens (tertiary/aromatic N) is 6. The van der Waals surface area contributed by atoms with Crippen LogP contribution in [0.2, 0.25) is 0 Å². The molecule has 6 heterocycles. The lowest BCUT2D eigenvalue weighted by atomic mass is 9.96. The van der Waals surface area contributed by atoms with Crippen LogP contribution in [-0.4, -0.2) is 0 Å². The molecule has 0 amide bonds. The Kier molecular flexibility index (Phi) is 22.8. The Morgan fingerprint density at radius 3 is 1.05 bits per heavy atom. The van der Waals surface area contributed by atoms with Crippen LogP contribution in [0.5, 0.6) is 0 Å². The van der Waals surface area contributed by atoms with Gasteiger partial charge in [-0.05, 0) is 216 Å². The zero-order valence-corrected chi connectivity index (χ0v) is 64.1. The van der Waals surface area contributed by atoms with E-state index in [4.69, 9.17) is 16.4 Å². The van der Waals surface area contributed by atoms with Crippen LogP contribution in [0.1, 0.15) is 167 Å². The van der Waals surface area contributed by atoms with Crippen molar-refractivity contribution < 1.29 is 43.9 Å². The van der Waals surface area contributed by atoms with Crippen molar-refractivity contribution in [2.45, 2.75) is 149 Å². The second-order valence-corrected chi connectivity index (χ2v) is 27.4. The molecule has 6 aromatic carbocycles. The van der Waals surface area contributed by atoms with Gasteiger partial charge in [-0.2, -0.15) is 0 Å². The van der Waals surface area contributed by atoms with Crippen LogP contribution in [0, 0.1) is 75.1 Å². The van der Waals surface area contributed by atoms with Gasteiger partial charge in [0.2, 0.25) is 34.2 Å². The van der Waals surface area contributed by atoms with Crippen molar-refractivity contribution in [2.75, 3.05) is 0 Å². The number of aromatic nitrogens is 6. The quantitative estimate of drug-likeness (QED) is 0.115. The second kappa shape index (κ2) is 37.1. The van der Waals surface area contributed by atoms with E-state index in [2.05, 4.69) is 236 Å². The number of hydrogen-bond donors (Lipinski definition) is 0. The van der Waals surface area contributed by atoms with E-state index < -0.39 is 38.2 Å². The first-order valence-corrected chi connectivity index (χ1v) is 35.0. The number of rotatable bonds is 11. The largest absolute Gasteiger partial charge is 0.212 e. The van der Waals surface area contributed by atoms with E-state index in [0.29, 0.717) is 17.0 Å². The molecule has 0 radical (unpaired) electrons. The van der Waals surface area contributed by atoms with Crippen molar-refractivity contribution in [3.8, 4) is 67.5 Å². The molecule has 3 atom stereocenters. The summed E-state index contributed by atoms with van der Waals surface area (Å²) in [7, 11) is 12.2. The lowest BCUT2D eigenvalue weighted by Gasteiger charge is -2.11. The molecule has 101 heavy (non-hydrogen) atoms. The van der Waals surface area contributed by atoms with Gasteiger partial charge in [0.1, 0.15) is 42.3 Å². The Bertz CT molecular complexity index is 5170. The predicted octanol–water partition coefficient (Wildman–Crippen LogP) is 20.7. The summed E-state index contributed by atoms with van der Waals surface area (Å²) in [5.74, 6) is -4.13. The summed E-state index contributed by atoms with van der Waals surface area (Å²) in [5.41, 5.74) is 29.6. The van der Waals surface area contributed by atoms with Crippen LogP contribution in [-0.2, 0) is 48.7 Å². The van der Waals surface area contributed by atoms with Gasteiger partial charge in [-0.25, -0.2) is 27.4 Å². The Balaban J connectivity index is 0.000000189. The maximum Gasteiger partial charge on any atom is 0.212 e. The summed E-state index contributed by atoms with van der Waals surface area (Å²) in [6.45, 7) is 22.7. The first kappa shape index (κ1) is 62.2. The van der Waals surface area contributed by atoms with Gasteiger partial charge in [-0.15, -0.1) is 0 Å². The van der Waals surface area contributed by atoms with Crippen LogP contribution < -0.4 is 27.4 Å². The average Bonchev–Trinajstić information content (AvgIpc) is 0.773. The van der Waals surface area contributed by atoms with Crippen molar-refractivity contribution in [3.05, 3.63) is 321 Å². The molecule has 6 heteroatoms. The maximum atomic E-state index is 8.30. The average molecular weight is 1360 g/mol. The first-order valence-electron chi connectivity index (χ1n) is 41.0. The van der Waals surface area contributed by atoms with Gasteiger partial charge < -0.3 is 0 Å². The standard InChI is InChI=1S/3C17H22N.C16H20N.2C14H16N/c2*1-12(2)16-11-18(5)17(10-14(16)4)15-9-7-6-8-13(15)3;1-13(2)11-15-8-9-16(14(3)12-15)17-7-5-6-10-18(17)4;1-12(2)14-8-9-15(13(3)11-14)16-7-5-6-10-17(16)4;2*1-11-7-8-12(2)13(10-11)14-6-4-5-9-15(14)3/h2*6-12H,1-5H3;5-10,12-13H,11H2,1-4H3;5-12H,1-4H3;2*4-10H,1-3H3/q6*+1/i1D3,12D;;1D3,13D;1D3,12D;;. The molecule has 0 fully saturated rings. The van der Waals surface area contributed by atoms with Gasteiger partial charge in [0.05, 0.1) is 0 Å². The highest BCUT2D eigenvalue weighted by atomic mass is 14.9. The van der Waals surface area contributed by atoms with Gasteiger partial charge in [-0.1, -0.05) is 151 Å². The smallest absolute Gasteiger partial charge is 0.201 e. The number of hydrogen-bond acceptors (Lipinski definition) is 0.